The first-order valence-electron chi connectivity index (χ1n) is 7.37. The minimum atomic E-state index is 0.0231. The zero-order valence-electron chi connectivity index (χ0n) is 12.3. The molecule has 0 saturated carbocycles. The van der Waals surface area contributed by atoms with Gasteiger partial charge in [-0.2, -0.15) is 0 Å². The third-order valence-corrected chi connectivity index (χ3v) is 3.98. The molecule has 0 spiro atoms. The summed E-state index contributed by atoms with van der Waals surface area (Å²) in [5, 5.41) is 3.10. The van der Waals surface area contributed by atoms with E-state index in [-0.39, 0.29) is 11.9 Å². The lowest BCUT2D eigenvalue weighted by molar-refractivity contribution is 0.0938. The second-order valence-corrected chi connectivity index (χ2v) is 5.66. The number of hydrogen-bond acceptors (Lipinski definition) is 2. The lowest BCUT2D eigenvalue weighted by atomic mass is 10.0. The van der Waals surface area contributed by atoms with Crippen molar-refractivity contribution in [1.82, 2.24) is 10.2 Å². The lowest BCUT2D eigenvalue weighted by Crippen LogP contribution is -2.36. The molecular formula is C18H20N2O. The van der Waals surface area contributed by atoms with Gasteiger partial charge >= 0.3 is 0 Å². The molecule has 0 bridgehead atoms. The molecule has 1 heterocycles. The van der Waals surface area contributed by atoms with Crippen LogP contribution < -0.4 is 5.32 Å². The topological polar surface area (TPSA) is 32.3 Å². The maximum absolute atomic E-state index is 12.2. The first kappa shape index (κ1) is 13.8. The molecule has 1 amide bonds. The van der Waals surface area contributed by atoms with Crippen molar-refractivity contribution in [3.05, 3.63) is 60.2 Å². The number of carbonyl (C=O) groups excluding carboxylic acids is 1. The van der Waals surface area contributed by atoms with Gasteiger partial charge in [0.1, 0.15) is 0 Å². The molecule has 3 nitrogen and oxygen atoms in total. The summed E-state index contributed by atoms with van der Waals surface area (Å²) < 4.78 is 0. The molecule has 1 saturated heterocycles. The van der Waals surface area contributed by atoms with Crippen LogP contribution in [0.1, 0.15) is 16.8 Å². The smallest absolute Gasteiger partial charge is 0.251 e. The van der Waals surface area contributed by atoms with Gasteiger partial charge in [-0.1, -0.05) is 42.5 Å². The van der Waals surface area contributed by atoms with E-state index in [0.29, 0.717) is 0 Å². The van der Waals surface area contributed by atoms with Crippen LogP contribution in [0.3, 0.4) is 0 Å². The van der Waals surface area contributed by atoms with Gasteiger partial charge in [0.15, 0.2) is 0 Å². The Morgan fingerprint density at radius 1 is 1.05 bits per heavy atom. The third-order valence-electron chi connectivity index (χ3n) is 3.98. The van der Waals surface area contributed by atoms with Gasteiger partial charge in [0.05, 0.1) is 0 Å². The van der Waals surface area contributed by atoms with E-state index < -0.39 is 0 Å². The van der Waals surface area contributed by atoms with Gasteiger partial charge in [-0.15, -0.1) is 0 Å². The number of amides is 1. The van der Waals surface area contributed by atoms with Crippen LogP contribution in [0, 0.1) is 0 Å². The molecular weight excluding hydrogens is 260 g/mol. The van der Waals surface area contributed by atoms with E-state index in [1.165, 1.54) is 5.56 Å². The largest absolute Gasteiger partial charge is 0.348 e. The number of rotatable bonds is 3. The molecule has 0 aliphatic carbocycles. The van der Waals surface area contributed by atoms with Crippen molar-refractivity contribution in [2.75, 3.05) is 20.1 Å². The fourth-order valence-electron chi connectivity index (χ4n) is 2.77. The molecule has 108 valence electrons. The average molecular weight is 280 g/mol. The summed E-state index contributed by atoms with van der Waals surface area (Å²) in [5.41, 5.74) is 3.03. The van der Waals surface area contributed by atoms with Crippen LogP contribution >= 0.6 is 0 Å². The number of carbonyl (C=O) groups is 1. The minimum Gasteiger partial charge on any atom is -0.348 e. The monoisotopic (exact) mass is 280 g/mol. The van der Waals surface area contributed by atoms with Crippen LogP contribution in [0.2, 0.25) is 0 Å². The quantitative estimate of drug-likeness (QED) is 0.937. The number of nitrogens with zero attached hydrogens (tertiary/aromatic N) is 1. The van der Waals surface area contributed by atoms with Crippen molar-refractivity contribution in [2.24, 2.45) is 0 Å². The molecule has 1 unspecified atom stereocenters. The van der Waals surface area contributed by atoms with E-state index in [2.05, 4.69) is 29.4 Å². The molecule has 1 fully saturated rings. The SMILES string of the molecule is CN1CCC(NC(=O)c2ccc(-c3ccccc3)cc2)C1. The Morgan fingerprint density at radius 2 is 1.71 bits per heavy atom. The third kappa shape index (κ3) is 3.31. The lowest BCUT2D eigenvalue weighted by Gasteiger charge is -2.13. The van der Waals surface area contributed by atoms with E-state index in [9.17, 15) is 4.79 Å². The van der Waals surface area contributed by atoms with Crippen molar-refractivity contribution in [3.8, 4) is 11.1 Å². The summed E-state index contributed by atoms with van der Waals surface area (Å²) in [6, 6.07) is 18.3. The molecule has 1 aliphatic rings. The maximum atomic E-state index is 12.2. The summed E-state index contributed by atoms with van der Waals surface area (Å²) in [6.45, 7) is 1.99. The van der Waals surface area contributed by atoms with Crippen molar-refractivity contribution >= 4 is 5.91 Å². The van der Waals surface area contributed by atoms with Crippen molar-refractivity contribution in [2.45, 2.75) is 12.5 Å². The Kier molecular flexibility index (Phi) is 4.02. The van der Waals surface area contributed by atoms with Gasteiger partial charge in [-0.05, 0) is 43.3 Å². The molecule has 1 aliphatic heterocycles. The number of likely N-dealkylation sites (tertiary alicyclic amines) is 1. The number of nitrogens with one attached hydrogen (secondary N) is 1. The first-order valence-corrected chi connectivity index (χ1v) is 7.37. The van der Waals surface area contributed by atoms with E-state index in [1.54, 1.807) is 0 Å². The fourth-order valence-corrected chi connectivity index (χ4v) is 2.77. The van der Waals surface area contributed by atoms with Crippen LogP contribution in [0.4, 0.5) is 0 Å². The van der Waals surface area contributed by atoms with Crippen LogP contribution in [0.25, 0.3) is 11.1 Å². The molecule has 2 aromatic rings. The van der Waals surface area contributed by atoms with Gasteiger partial charge in [-0.25, -0.2) is 0 Å². The van der Waals surface area contributed by atoms with Gasteiger partial charge in [0.25, 0.3) is 5.91 Å². The van der Waals surface area contributed by atoms with Gasteiger partial charge in [-0.3, -0.25) is 4.79 Å². The molecule has 3 heteroatoms. The number of benzene rings is 2. The Morgan fingerprint density at radius 3 is 2.33 bits per heavy atom. The standard InChI is InChI=1S/C18H20N2O/c1-20-12-11-17(13-20)19-18(21)16-9-7-15(8-10-16)14-5-3-2-4-6-14/h2-10,17H,11-13H2,1H3,(H,19,21). The second-order valence-electron chi connectivity index (χ2n) is 5.66. The molecule has 1 N–H and O–H groups in total. The highest BCUT2D eigenvalue weighted by Crippen LogP contribution is 2.19. The summed E-state index contributed by atoms with van der Waals surface area (Å²) in [7, 11) is 2.08. The Labute approximate surface area is 125 Å². The van der Waals surface area contributed by atoms with Crippen LogP contribution in [0.15, 0.2) is 54.6 Å². The van der Waals surface area contributed by atoms with Crippen molar-refractivity contribution < 1.29 is 4.79 Å². The van der Waals surface area contributed by atoms with Crippen molar-refractivity contribution in [1.29, 1.82) is 0 Å². The highest BCUT2D eigenvalue weighted by atomic mass is 16.1. The summed E-state index contributed by atoms with van der Waals surface area (Å²) in [6.07, 6.45) is 1.03. The number of hydrogen-bond donors (Lipinski definition) is 1. The van der Waals surface area contributed by atoms with E-state index in [0.717, 1.165) is 30.6 Å². The van der Waals surface area contributed by atoms with Gasteiger partial charge < -0.3 is 10.2 Å². The molecule has 0 radical (unpaired) electrons. The molecule has 21 heavy (non-hydrogen) atoms. The normalized spacial score (nSPS) is 18.6. The summed E-state index contributed by atoms with van der Waals surface area (Å²) >= 11 is 0. The molecule has 1 atom stereocenters. The Hall–Kier alpha value is -2.13. The maximum Gasteiger partial charge on any atom is 0.251 e. The average Bonchev–Trinajstić information content (AvgIpc) is 2.93. The number of likely N-dealkylation sites (N-methyl/N-ethyl adjacent to an activating group) is 1. The Balaban J connectivity index is 1.68. The summed E-state index contributed by atoms with van der Waals surface area (Å²) in [5.74, 6) is 0.0231. The van der Waals surface area contributed by atoms with Gasteiger partial charge in [0, 0.05) is 18.2 Å². The minimum absolute atomic E-state index is 0.0231. The van der Waals surface area contributed by atoms with E-state index in [1.807, 2.05) is 42.5 Å². The highest BCUT2D eigenvalue weighted by molar-refractivity contribution is 5.94. The molecule has 2 aromatic carbocycles. The zero-order chi connectivity index (χ0) is 14.7. The van der Waals surface area contributed by atoms with Gasteiger partial charge in [0.2, 0.25) is 0 Å². The van der Waals surface area contributed by atoms with Crippen LogP contribution in [0.5, 0.6) is 0 Å². The van der Waals surface area contributed by atoms with E-state index >= 15 is 0 Å². The Bertz CT molecular complexity index is 607. The summed E-state index contributed by atoms with van der Waals surface area (Å²) in [4.78, 5) is 14.5. The molecule has 3 rings (SSSR count). The van der Waals surface area contributed by atoms with E-state index in [4.69, 9.17) is 0 Å². The highest BCUT2D eigenvalue weighted by Gasteiger charge is 2.21. The zero-order valence-corrected chi connectivity index (χ0v) is 12.3. The second kappa shape index (κ2) is 6.10. The van der Waals surface area contributed by atoms with Crippen LogP contribution in [-0.2, 0) is 0 Å². The predicted molar refractivity (Wildman–Crippen MR) is 85.2 cm³/mol. The molecule has 0 aromatic heterocycles. The first-order chi connectivity index (χ1) is 10.2. The predicted octanol–water partition coefficient (Wildman–Crippen LogP) is 2.79. The van der Waals surface area contributed by atoms with Crippen molar-refractivity contribution in [3.63, 3.8) is 0 Å². The fraction of sp³-hybridized carbons (Fsp3) is 0.278. The van der Waals surface area contributed by atoms with Crippen LogP contribution in [-0.4, -0.2) is 37.0 Å².